The first-order valence-corrected chi connectivity index (χ1v) is 15.9. The summed E-state index contributed by atoms with van der Waals surface area (Å²) in [6.45, 7) is 0. The Kier molecular flexibility index (Phi) is 6.57. The van der Waals surface area contributed by atoms with Crippen LogP contribution in [0.25, 0.3) is 28.0 Å². The third-order valence-electron chi connectivity index (χ3n) is 8.53. The minimum absolute atomic E-state index is 0.0236. The highest BCUT2D eigenvalue weighted by molar-refractivity contribution is 7.91. The average Bonchev–Trinajstić information content (AvgIpc) is 3.75. The van der Waals surface area contributed by atoms with Gasteiger partial charge in [-0.3, -0.25) is 14.9 Å². The van der Waals surface area contributed by atoms with Gasteiger partial charge in [-0.05, 0) is 49.9 Å². The molecule has 2 aliphatic heterocycles. The summed E-state index contributed by atoms with van der Waals surface area (Å²) < 4.78 is 46.8. The minimum atomic E-state index is -3.79. The van der Waals surface area contributed by atoms with E-state index >= 15 is 0 Å². The number of anilines is 1. The number of nitrogens with two attached hydrogens (primary N) is 1. The molecule has 1 aromatic carbocycles. The van der Waals surface area contributed by atoms with Gasteiger partial charge >= 0.3 is 0 Å². The molecule has 226 valence electrons. The number of benzene rings is 1. The molecule has 1 unspecified atom stereocenters. The molecule has 5 aromatic rings. The Morgan fingerprint density at radius 2 is 1.84 bits per heavy atom. The number of aromatic amines is 1. The number of fused-ring (bicyclic) bond motifs is 3. The van der Waals surface area contributed by atoms with Gasteiger partial charge in [0, 0.05) is 47.1 Å². The van der Waals surface area contributed by atoms with Crippen molar-refractivity contribution in [1.29, 1.82) is 0 Å². The second kappa shape index (κ2) is 10.4. The van der Waals surface area contributed by atoms with E-state index in [9.17, 15) is 17.6 Å². The molecule has 0 aliphatic carbocycles. The number of nitrogens with one attached hydrogen (secondary N) is 1. The number of rotatable bonds is 6. The van der Waals surface area contributed by atoms with Crippen molar-refractivity contribution in [3.63, 3.8) is 0 Å². The Balaban J connectivity index is 1.26. The van der Waals surface area contributed by atoms with Crippen LogP contribution in [0.1, 0.15) is 47.9 Å². The lowest BCUT2D eigenvalue weighted by atomic mass is 9.87. The Morgan fingerprint density at radius 3 is 2.45 bits per heavy atom. The number of sulfone groups is 1. The molecular formula is C29H28FN9O4S. The summed E-state index contributed by atoms with van der Waals surface area (Å²) in [5.74, 6) is -0.660. The summed E-state index contributed by atoms with van der Waals surface area (Å²) in [6, 6.07) is 7.98. The van der Waals surface area contributed by atoms with Crippen molar-refractivity contribution in [2.45, 2.75) is 48.6 Å². The number of nitrogens with zero attached hydrogens (tertiary/aromatic N) is 7. The molecular weight excluding hydrogens is 589 g/mol. The standard InChI is InChI=1S/C29H28FN9O4S/c1-43-23-8-4-15(11-21(23)30)22-7-3-16(12-32-22)20-13-35-39-26(31)25(44(2,41)42)24(36-28(20)39)17-9-18-5-6-19(10-17)38(18)29(40)27-33-14-34-37-27/h3-4,7-8,11-14,17-19H,5-6,9-10,31H2,1-2H3,(H,33,34,37)/t17?,18-,19+. The maximum Gasteiger partial charge on any atom is 0.291 e. The molecule has 1 amide bonds. The van der Waals surface area contributed by atoms with Gasteiger partial charge in [-0.15, -0.1) is 0 Å². The quantitative estimate of drug-likeness (QED) is 0.288. The van der Waals surface area contributed by atoms with E-state index in [1.54, 1.807) is 30.6 Å². The molecule has 2 bridgehead atoms. The van der Waals surface area contributed by atoms with Crippen LogP contribution in [-0.2, 0) is 9.84 Å². The number of hydrogen-bond acceptors (Lipinski definition) is 10. The van der Waals surface area contributed by atoms with Gasteiger partial charge < -0.3 is 15.4 Å². The Bertz CT molecular complexity index is 2000. The summed E-state index contributed by atoms with van der Waals surface area (Å²) in [5.41, 5.74) is 9.70. The van der Waals surface area contributed by atoms with Crippen molar-refractivity contribution in [2.75, 3.05) is 19.1 Å². The van der Waals surface area contributed by atoms with Crippen molar-refractivity contribution in [3.8, 4) is 28.1 Å². The Morgan fingerprint density at radius 1 is 1.09 bits per heavy atom. The number of aromatic nitrogens is 7. The van der Waals surface area contributed by atoms with Crippen LogP contribution in [0.5, 0.6) is 5.75 Å². The molecule has 6 heterocycles. The number of nitrogen functional groups attached to an aromatic ring is 1. The van der Waals surface area contributed by atoms with E-state index in [0.717, 1.165) is 19.1 Å². The van der Waals surface area contributed by atoms with Gasteiger partial charge in [-0.2, -0.15) is 14.7 Å². The molecule has 0 radical (unpaired) electrons. The lowest BCUT2D eigenvalue weighted by molar-refractivity contribution is 0.0556. The van der Waals surface area contributed by atoms with Gasteiger partial charge in [0.15, 0.2) is 27.1 Å². The first kappa shape index (κ1) is 27.9. The third-order valence-corrected chi connectivity index (χ3v) is 9.69. The van der Waals surface area contributed by atoms with E-state index in [0.29, 0.717) is 46.6 Å². The topological polar surface area (TPSA) is 174 Å². The molecule has 0 spiro atoms. The van der Waals surface area contributed by atoms with Gasteiger partial charge in [0.05, 0.1) is 24.7 Å². The second-order valence-corrected chi connectivity index (χ2v) is 13.1. The van der Waals surface area contributed by atoms with Gasteiger partial charge in [-0.1, -0.05) is 6.07 Å². The monoisotopic (exact) mass is 617 g/mol. The number of halogens is 1. The molecule has 2 aliphatic rings. The van der Waals surface area contributed by atoms with E-state index in [1.165, 1.54) is 24.0 Å². The predicted octanol–water partition coefficient (Wildman–Crippen LogP) is 3.26. The average molecular weight is 618 g/mol. The maximum absolute atomic E-state index is 14.3. The van der Waals surface area contributed by atoms with Gasteiger partial charge in [-0.25, -0.2) is 22.8 Å². The lowest BCUT2D eigenvalue weighted by Gasteiger charge is -2.38. The number of carbonyl (C=O) groups excluding carboxylic acids is 1. The number of hydrogen-bond donors (Lipinski definition) is 2. The van der Waals surface area contributed by atoms with Crippen LogP contribution in [0.2, 0.25) is 0 Å². The number of amides is 1. The Labute approximate surface area is 251 Å². The number of ether oxygens (including phenoxy) is 1. The minimum Gasteiger partial charge on any atom is -0.494 e. The molecule has 7 rings (SSSR count). The SMILES string of the molecule is COc1ccc(-c2ccc(-c3cnn4c(N)c(S(C)(=O)=O)c(C5C[C@H]6CC[C@@H](C5)N6C(=O)c5ncn[nH]5)nc34)cn2)cc1F. The number of H-pyrrole nitrogens is 1. The normalized spacial score (nSPS) is 19.9. The van der Waals surface area contributed by atoms with E-state index in [2.05, 4.69) is 25.3 Å². The van der Waals surface area contributed by atoms with Crippen LogP contribution in [-0.4, -0.2) is 79.4 Å². The molecule has 4 aromatic heterocycles. The third kappa shape index (κ3) is 4.54. The zero-order valence-electron chi connectivity index (χ0n) is 23.8. The van der Waals surface area contributed by atoms with Crippen molar-refractivity contribution in [1.82, 2.24) is 39.7 Å². The molecule has 15 heteroatoms. The number of carbonyl (C=O) groups is 1. The summed E-state index contributed by atoms with van der Waals surface area (Å²) in [5, 5.41) is 10.8. The predicted molar refractivity (Wildman–Crippen MR) is 157 cm³/mol. The first-order valence-electron chi connectivity index (χ1n) is 14.0. The lowest BCUT2D eigenvalue weighted by Crippen LogP contribution is -2.46. The van der Waals surface area contributed by atoms with Crippen LogP contribution < -0.4 is 10.5 Å². The zero-order chi connectivity index (χ0) is 30.7. The van der Waals surface area contributed by atoms with Crippen LogP contribution in [0.4, 0.5) is 10.2 Å². The highest BCUT2D eigenvalue weighted by Crippen LogP contribution is 2.45. The van der Waals surface area contributed by atoms with Crippen LogP contribution in [0.15, 0.2) is 53.9 Å². The largest absolute Gasteiger partial charge is 0.494 e. The van der Waals surface area contributed by atoms with Gasteiger partial charge in [0.1, 0.15) is 17.0 Å². The molecule has 44 heavy (non-hydrogen) atoms. The van der Waals surface area contributed by atoms with Crippen molar-refractivity contribution < 1.29 is 22.3 Å². The summed E-state index contributed by atoms with van der Waals surface area (Å²) in [7, 11) is -2.39. The first-order chi connectivity index (χ1) is 21.1. The summed E-state index contributed by atoms with van der Waals surface area (Å²) in [4.78, 5) is 28.4. The van der Waals surface area contributed by atoms with Gasteiger partial charge in [0.2, 0.25) is 5.82 Å². The second-order valence-electron chi connectivity index (χ2n) is 11.2. The van der Waals surface area contributed by atoms with E-state index in [1.807, 2.05) is 11.0 Å². The van der Waals surface area contributed by atoms with Crippen LogP contribution in [0, 0.1) is 5.82 Å². The zero-order valence-corrected chi connectivity index (χ0v) is 24.6. The number of methoxy groups -OCH3 is 1. The van der Waals surface area contributed by atoms with E-state index in [4.69, 9.17) is 15.5 Å². The molecule has 13 nitrogen and oxygen atoms in total. The summed E-state index contributed by atoms with van der Waals surface area (Å²) in [6.07, 6.45) is 8.25. The van der Waals surface area contributed by atoms with Crippen molar-refractivity contribution in [3.05, 3.63) is 66.4 Å². The number of pyridine rings is 1. The highest BCUT2D eigenvalue weighted by atomic mass is 32.2. The van der Waals surface area contributed by atoms with Crippen LogP contribution in [0.3, 0.4) is 0 Å². The molecule has 3 atom stereocenters. The number of piperidine rings is 1. The fourth-order valence-corrected chi connectivity index (χ4v) is 7.65. The molecule has 2 fully saturated rings. The fourth-order valence-electron chi connectivity index (χ4n) is 6.59. The summed E-state index contributed by atoms with van der Waals surface area (Å²) >= 11 is 0. The van der Waals surface area contributed by atoms with E-state index in [-0.39, 0.29) is 46.2 Å². The smallest absolute Gasteiger partial charge is 0.291 e. The highest BCUT2D eigenvalue weighted by Gasteiger charge is 2.46. The van der Waals surface area contributed by atoms with Gasteiger partial charge in [0.25, 0.3) is 5.91 Å². The van der Waals surface area contributed by atoms with Crippen molar-refractivity contribution in [2.24, 2.45) is 0 Å². The molecule has 3 N–H and O–H groups in total. The van der Waals surface area contributed by atoms with Crippen LogP contribution >= 0.6 is 0 Å². The maximum atomic E-state index is 14.3. The molecule has 0 saturated carbocycles. The molecule has 2 saturated heterocycles. The van der Waals surface area contributed by atoms with Crippen molar-refractivity contribution >= 4 is 27.2 Å². The fraction of sp³-hybridized carbons (Fsp3) is 0.310. The van der Waals surface area contributed by atoms with E-state index < -0.39 is 15.7 Å². The Hall–Kier alpha value is -4.92.